The Hall–Kier alpha value is -0.770. The predicted octanol–water partition coefficient (Wildman–Crippen LogP) is 3.46. The van der Waals surface area contributed by atoms with Crippen LogP contribution in [0, 0.1) is 5.92 Å². The molecule has 21 heavy (non-hydrogen) atoms. The van der Waals surface area contributed by atoms with E-state index < -0.39 is 0 Å². The zero-order valence-electron chi connectivity index (χ0n) is 14.5. The van der Waals surface area contributed by atoms with E-state index in [1.807, 2.05) is 4.90 Å². The standard InChI is InChI=1S/C17H35N3O/c1-5-13-20(16(21)19(7-3)8-4)17(14-18)11-9-15(6-2)10-12-17/h15H,5-14,18H2,1-4H3. The Balaban J connectivity index is 2.92. The molecule has 0 aliphatic heterocycles. The van der Waals surface area contributed by atoms with Gasteiger partial charge >= 0.3 is 6.03 Å². The van der Waals surface area contributed by atoms with E-state index in [1.165, 1.54) is 19.3 Å². The third-order valence-corrected chi connectivity index (χ3v) is 5.28. The number of hydrogen-bond donors (Lipinski definition) is 1. The van der Waals surface area contributed by atoms with Crippen LogP contribution in [-0.2, 0) is 0 Å². The summed E-state index contributed by atoms with van der Waals surface area (Å²) in [4.78, 5) is 16.9. The molecule has 1 saturated carbocycles. The summed E-state index contributed by atoms with van der Waals surface area (Å²) in [7, 11) is 0. The smallest absolute Gasteiger partial charge is 0.320 e. The largest absolute Gasteiger partial charge is 0.328 e. The van der Waals surface area contributed by atoms with Gasteiger partial charge in [0.05, 0.1) is 5.54 Å². The fourth-order valence-corrected chi connectivity index (χ4v) is 3.63. The predicted molar refractivity (Wildman–Crippen MR) is 89.3 cm³/mol. The van der Waals surface area contributed by atoms with Crippen LogP contribution in [-0.4, -0.2) is 47.5 Å². The van der Waals surface area contributed by atoms with Gasteiger partial charge in [0.2, 0.25) is 0 Å². The number of carbonyl (C=O) groups is 1. The lowest BCUT2D eigenvalue weighted by atomic mass is 9.74. The van der Waals surface area contributed by atoms with Crippen molar-refractivity contribution in [1.82, 2.24) is 9.80 Å². The summed E-state index contributed by atoms with van der Waals surface area (Å²) < 4.78 is 0. The van der Waals surface area contributed by atoms with Crippen molar-refractivity contribution in [2.45, 2.75) is 71.8 Å². The number of nitrogens with zero attached hydrogens (tertiary/aromatic N) is 2. The third kappa shape index (κ3) is 4.12. The van der Waals surface area contributed by atoms with Crippen LogP contribution in [0.1, 0.15) is 66.2 Å². The van der Waals surface area contributed by atoms with Crippen molar-refractivity contribution in [3.05, 3.63) is 0 Å². The Bertz CT molecular complexity index is 307. The molecule has 0 aromatic carbocycles. The van der Waals surface area contributed by atoms with Gasteiger partial charge in [-0.25, -0.2) is 4.79 Å². The molecule has 124 valence electrons. The second kappa shape index (κ2) is 8.62. The summed E-state index contributed by atoms with van der Waals surface area (Å²) in [6.45, 7) is 11.5. The number of amides is 2. The van der Waals surface area contributed by atoms with E-state index >= 15 is 0 Å². The molecule has 0 aromatic rings. The summed E-state index contributed by atoms with van der Waals surface area (Å²) in [5.41, 5.74) is 6.05. The van der Waals surface area contributed by atoms with Crippen molar-refractivity contribution in [2.75, 3.05) is 26.2 Å². The molecule has 1 aliphatic rings. The van der Waals surface area contributed by atoms with Crippen LogP contribution < -0.4 is 5.73 Å². The minimum Gasteiger partial charge on any atom is -0.328 e. The fraction of sp³-hybridized carbons (Fsp3) is 0.941. The molecule has 4 heteroatoms. The normalized spacial score (nSPS) is 25.7. The van der Waals surface area contributed by atoms with Gasteiger partial charge in [0.25, 0.3) is 0 Å². The quantitative estimate of drug-likeness (QED) is 0.782. The molecule has 1 rings (SSSR count). The van der Waals surface area contributed by atoms with Gasteiger partial charge in [0, 0.05) is 26.2 Å². The monoisotopic (exact) mass is 297 g/mol. The summed E-state index contributed by atoms with van der Waals surface area (Å²) >= 11 is 0. The average molecular weight is 297 g/mol. The SMILES string of the molecule is CCCN(C(=O)N(CC)CC)C1(CN)CCC(CC)CC1. The molecular formula is C17H35N3O. The summed E-state index contributed by atoms with van der Waals surface area (Å²) in [5.74, 6) is 0.816. The van der Waals surface area contributed by atoms with Crippen LogP contribution in [0.2, 0.25) is 0 Å². The van der Waals surface area contributed by atoms with Crippen LogP contribution in [0.15, 0.2) is 0 Å². The second-order valence-electron chi connectivity index (χ2n) is 6.39. The van der Waals surface area contributed by atoms with Gasteiger partial charge in [-0.15, -0.1) is 0 Å². The molecule has 1 aliphatic carbocycles. The van der Waals surface area contributed by atoms with Gasteiger partial charge in [-0.2, -0.15) is 0 Å². The molecule has 0 saturated heterocycles. The minimum absolute atomic E-state index is 0.110. The Morgan fingerprint density at radius 1 is 1.14 bits per heavy atom. The number of nitrogens with two attached hydrogens (primary N) is 1. The van der Waals surface area contributed by atoms with Crippen molar-refractivity contribution in [3.8, 4) is 0 Å². The Labute approximate surface area is 131 Å². The summed E-state index contributed by atoms with van der Waals surface area (Å²) in [6.07, 6.45) is 6.79. The number of rotatable bonds is 7. The van der Waals surface area contributed by atoms with E-state index in [9.17, 15) is 4.79 Å². The topological polar surface area (TPSA) is 49.6 Å². The van der Waals surface area contributed by atoms with Gasteiger partial charge in [-0.05, 0) is 51.9 Å². The number of carbonyl (C=O) groups excluding carboxylic acids is 1. The average Bonchev–Trinajstić information content (AvgIpc) is 2.53. The van der Waals surface area contributed by atoms with Crippen molar-refractivity contribution < 1.29 is 4.79 Å². The molecule has 0 radical (unpaired) electrons. The highest BCUT2D eigenvalue weighted by atomic mass is 16.2. The van der Waals surface area contributed by atoms with Gasteiger partial charge in [0.15, 0.2) is 0 Å². The van der Waals surface area contributed by atoms with Gasteiger partial charge < -0.3 is 15.5 Å². The molecule has 0 heterocycles. The van der Waals surface area contributed by atoms with Gasteiger partial charge in [0.1, 0.15) is 0 Å². The molecule has 2 amide bonds. The first kappa shape index (κ1) is 18.3. The molecular weight excluding hydrogens is 262 g/mol. The second-order valence-corrected chi connectivity index (χ2v) is 6.39. The number of hydrogen-bond acceptors (Lipinski definition) is 2. The van der Waals surface area contributed by atoms with Crippen LogP contribution >= 0.6 is 0 Å². The highest BCUT2D eigenvalue weighted by molar-refractivity contribution is 5.75. The third-order valence-electron chi connectivity index (χ3n) is 5.28. The first-order chi connectivity index (χ1) is 10.1. The zero-order chi connectivity index (χ0) is 15.9. The van der Waals surface area contributed by atoms with Crippen molar-refractivity contribution in [3.63, 3.8) is 0 Å². The van der Waals surface area contributed by atoms with Gasteiger partial charge in [-0.1, -0.05) is 20.3 Å². The summed E-state index contributed by atoms with van der Waals surface area (Å²) in [6, 6.07) is 0.183. The van der Waals surface area contributed by atoms with E-state index in [0.717, 1.165) is 44.8 Å². The zero-order valence-corrected chi connectivity index (χ0v) is 14.5. The maximum absolute atomic E-state index is 12.9. The first-order valence-electron chi connectivity index (χ1n) is 8.85. The molecule has 0 unspecified atom stereocenters. The van der Waals surface area contributed by atoms with E-state index in [1.54, 1.807) is 0 Å². The van der Waals surface area contributed by atoms with E-state index in [4.69, 9.17) is 5.73 Å². The maximum atomic E-state index is 12.9. The molecule has 0 spiro atoms. The van der Waals surface area contributed by atoms with Crippen molar-refractivity contribution in [1.29, 1.82) is 0 Å². The van der Waals surface area contributed by atoms with Crippen LogP contribution in [0.5, 0.6) is 0 Å². The summed E-state index contributed by atoms with van der Waals surface area (Å²) in [5, 5.41) is 0. The maximum Gasteiger partial charge on any atom is 0.320 e. The Morgan fingerprint density at radius 2 is 1.71 bits per heavy atom. The molecule has 0 bridgehead atoms. The minimum atomic E-state index is -0.110. The van der Waals surface area contributed by atoms with E-state index in [2.05, 4.69) is 32.6 Å². The lowest BCUT2D eigenvalue weighted by Crippen LogP contribution is -2.61. The van der Waals surface area contributed by atoms with Crippen molar-refractivity contribution >= 4 is 6.03 Å². The fourth-order valence-electron chi connectivity index (χ4n) is 3.63. The Morgan fingerprint density at radius 3 is 2.10 bits per heavy atom. The van der Waals surface area contributed by atoms with Gasteiger partial charge in [-0.3, -0.25) is 0 Å². The highest BCUT2D eigenvalue weighted by Crippen LogP contribution is 2.37. The lowest BCUT2D eigenvalue weighted by Gasteiger charge is -2.48. The van der Waals surface area contributed by atoms with Crippen LogP contribution in [0.4, 0.5) is 4.79 Å². The molecule has 1 fully saturated rings. The van der Waals surface area contributed by atoms with Crippen LogP contribution in [0.3, 0.4) is 0 Å². The molecule has 0 atom stereocenters. The number of urea groups is 1. The lowest BCUT2D eigenvalue weighted by molar-refractivity contribution is 0.0511. The van der Waals surface area contributed by atoms with Crippen molar-refractivity contribution in [2.24, 2.45) is 11.7 Å². The molecule has 4 nitrogen and oxygen atoms in total. The molecule has 2 N–H and O–H groups in total. The van der Waals surface area contributed by atoms with E-state index in [-0.39, 0.29) is 11.6 Å². The van der Waals surface area contributed by atoms with E-state index in [0.29, 0.717) is 6.54 Å². The molecule has 0 aromatic heterocycles. The van der Waals surface area contributed by atoms with Crippen LogP contribution in [0.25, 0.3) is 0 Å². The Kier molecular flexibility index (Phi) is 7.50. The first-order valence-corrected chi connectivity index (χ1v) is 8.85. The highest BCUT2D eigenvalue weighted by Gasteiger charge is 2.41.